The van der Waals surface area contributed by atoms with Gasteiger partial charge in [0.15, 0.2) is 0 Å². The molecule has 1 N–H and O–H groups in total. The summed E-state index contributed by atoms with van der Waals surface area (Å²) >= 11 is 0. The van der Waals surface area contributed by atoms with Gasteiger partial charge in [0.05, 0.1) is 12.2 Å². The highest BCUT2D eigenvalue weighted by Crippen LogP contribution is 2.18. The Bertz CT molecular complexity index is 503. The molecule has 6 heteroatoms. The monoisotopic (exact) mass is 269 g/mol. The van der Waals surface area contributed by atoms with E-state index in [4.69, 9.17) is 0 Å². The van der Waals surface area contributed by atoms with Crippen molar-refractivity contribution in [1.29, 1.82) is 0 Å². The van der Waals surface area contributed by atoms with Crippen molar-refractivity contribution < 1.29 is 13.2 Å². The Morgan fingerprint density at radius 2 is 1.95 bits per heavy atom. The number of nitrogens with one attached hydrogen (secondary N) is 1. The summed E-state index contributed by atoms with van der Waals surface area (Å²) in [4.78, 5) is 0. The molecule has 0 unspecified atom stereocenters. The Kier molecular flexibility index (Phi) is 3.90. The van der Waals surface area contributed by atoms with Gasteiger partial charge < -0.3 is 5.32 Å². The molecule has 0 saturated carbocycles. The van der Waals surface area contributed by atoms with Crippen LogP contribution in [-0.4, -0.2) is 22.5 Å². The van der Waals surface area contributed by atoms with E-state index in [9.17, 15) is 13.2 Å². The number of alkyl halides is 3. The fourth-order valence-electron chi connectivity index (χ4n) is 1.72. The predicted molar refractivity (Wildman–Crippen MR) is 66.0 cm³/mol. The predicted octanol–water partition coefficient (Wildman–Crippen LogP) is 3.09. The SMILES string of the molecule is C[C@H](NCC(F)(F)F)c1ccc(-n2cccn2)cc1. The molecule has 0 aliphatic heterocycles. The van der Waals surface area contributed by atoms with E-state index in [-0.39, 0.29) is 6.04 Å². The summed E-state index contributed by atoms with van der Waals surface area (Å²) in [5, 5.41) is 6.53. The number of rotatable bonds is 4. The highest BCUT2D eigenvalue weighted by molar-refractivity contribution is 5.34. The minimum absolute atomic E-state index is 0.353. The van der Waals surface area contributed by atoms with Crippen LogP contribution in [0.15, 0.2) is 42.7 Å². The van der Waals surface area contributed by atoms with Crippen LogP contribution in [0.1, 0.15) is 18.5 Å². The molecule has 1 atom stereocenters. The van der Waals surface area contributed by atoms with Crippen LogP contribution in [-0.2, 0) is 0 Å². The Hall–Kier alpha value is -1.82. The van der Waals surface area contributed by atoms with Crippen LogP contribution < -0.4 is 5.32 Å². The second kappa shape index (κ2) is 5.44. The van der Waals surface area contributed by atoms with E-state index in [1.165, 1.54) is 0 Å². The fraction of sp³-hybridized carbons (Fsp3) is 0.308. The molecule has 0 aliphatic carbocycles. The summed E-state index contributed by atoms with van der Waals surface area (Å²) in [6, 6.07) is 8.70. The van der Waals surface area contributed by atoms with E-state index in [1.807, 2.05) is 12.1 Å². The third-order valence-corrected chi connectivity index (χ3v) is 2.77. The van der Waals surface area contributed by atoms with Crippen molar-refractivity contribution in [2.75, 3.05) is 6.54 Å². The molecule has 1 aromatic carbocycles. The van der Waals surface area contributed by atoms with Gasteiger partial charge in [-0.2, -0.15) is 18.3 Å². The van der Waals surface area contributed by atoms with Crippen molar-refractivity contribution in [2.24, 2.45) is 0 Å². The lowest BCUT2D eigenvalue weighted by molar-refractivity contribution is -0.126. The molecule has 2 rings (SSSR count). The van der Waals surface area contributed by atoms with E-state index < -0.39 is 12.7 Å². The molecule has 1 heterocycles. The van der Waals surface area contributed by atoms with Crippen LogP contribution in [0.4, 0.5) is 13.2 Å². The summed E-state index contributed by atoms with van der Waals surface area (Å²) in [5.41, 5.74) is 1.68. The number of nitrogens with zero attached hydrogens (tertiary/aromatic N) is 2. The molecule has 0 fully saturated rings. The Labute approximate surface area is 109 Å². The van der Waals surface area contributed by atoms with Crippen molar-refractivity contribution in [3.8, 4) is 5.69 Å². The average Bonchev–Trinajstić information content (AvgIpc) is 2.89. The second-order valence-electron chi connectivity index (χ2n) is 4.26. The van der Waals surface area contributed by atoms with Gasteiger partial charge in [-0.15, -0.1) is 0 Å². The average molecular weight is 269 g/mol. The van der Waals surface area contributed by atoms with Gasteiger partial charge in [-0.25, -0.2) is 4.68 Å². The molecular formula is C13H14F3N3. The first kappa shape index (κ1) is 13.6. The van der Waals surface area contributed by atoms with E-state index in [0.717, 1.165) is 11.3 Å². The van der Waals surface area contributed by atoms with Crippen molar-refractivity contribution in [2.45, 2.75) is 19.1 Å². The first-order valence-corrected chi connectivity index (χ1v) is 5.86. The van der Waals surface area contributed by atoms with E-state index in [2.05, 4.69) is 10.4 Å². The third-order valence-electron chi connectivity index (χ3n) is 2.77. The summed E-state index contributed by atoms with van der Waals surface area (Å²) in [6.07, 6.45) is -0.717. The molecule has 19 heavy (non-hydrogen) atoms. The van der Waals surface area contributed by atoms with Crippen LogP contribution in [0.5, 0.6) is 0 Å². The van der Waals surface area contributed by atoms with Gasteiger partial charge >= 0.3 is 6.18 Å². The van der Waals surface area contributed by atoms with Gasteiger partial charge in [-0.05, 0) is 30.7 Å². The zero-order valence-electron chi connectivity index (χ0n) is 10.4. The van der Waals surface area contributed by atoms with Crippen LogP contribution in [0.2, 0.25) is 0 Å². The van der Waals surface area contributed by atoms with Crippen LogP contribution in [0, 0.1) is 0 Å². The quantitative estimate of drug-likeness (QED) is 0.924. The molecule has 1 aromatic heterocycles. The highest BCUT2D eigenvalue weighted by atomic mass is 19.4. The molecule has 0 bridgehead atoms. The Morgan fingerprint density at radius 1 is 1.26 bits per heavy atom. The molecule has 3 nitrogen and oxygen atoms in total. The van der Waals surface area contributed by atoms with Crippen LogP contribution >= 0.6 is 0 Å². The Morgan fingerprint density at radius 3 is 2.47 bits per heavy atom. The first-order valence-electron chi connectivity index (χ1n) is 5.86. The lowest BCUT2D eigenvalue weighted by Crippen LogP contribution is -2.30. The maximum absolute atomic E-state index is 12.1. The summed E-state index contributed by atoms with van der Waals surface area (Å²) in [6.45, 7) is 0.712. The molecule has 0 amide bonds. The maximum atomic E-state index is 12.1. The fourth-order valence-corrected chi connectivity index (χ4v) is 1.72. The highest BCUT2D eigenvalue weighted by Gasteiger charge is 2.27. The van der Waals surface area contributed by atoms with Crippen LogP contribution in [0.25, 0.3) is 5.69 Å². The van der Waals surface area contributed by atoms with Gasteiger partial charge in [0.2, 0.25) is 0 Å². The van der Waals surface area contributed by atoms with Crippen molar-refractivity contribution in [3.05, 3.63) is 48.3 Å². The number of hydrogen-bond acceptors (Lipinski definition) is 2. The summed E-state index contributed by atoms with van der Waals surface area (Å²) in [7, 11) is 0. The van der Waals surface area contributed by atoms with E-state index >= 15 is 0 Å². The minimum Gasteiger partial charge on any atom is -0.302 e. The molecular weight excluding hydrogens is 255 g/mol. The van der Waals surface area contributed by atoms with Gasteiger partial charge in [0.25, 0.3) is 0 Å². The number of halogens is 3. The number of benzene rings is 1. The Balaban J connectivity index is 2.02. The third kappa shape index (κ3) is 3.82. The topological polar surface area (TPSA) is 29.9 Å². The largest absolute Gasteiger partial charge is 0.401 e. The number of aromatic nitrogens is 2. The smallest absolute Gasteiger partial charge is 0.302 e. The molecule has 0 radical (unpaired) electrons. The molecule has 102 valence electrons. The zero-order chi connectivity index (χ0) is 13.9. The first-order chi connectivity index (χ1) is 8.96. The van der Waals surface area contributed by atoms with Gasteiger partial charge in [0.1, 0.15) is 0 Å². The summed E-state index contributed by atoms with van der Waals surface area (Å²) < 4.78 is 38.0. The van der Waals surface area contributed by atoms with Crippen LogP contribution in [0.3, 0.4) is 0 Å². The van der Waals surface area contributed by atoms with Gasteiger partial charge in [0, 0.05) is 18.4 Å². The zero-order valence-corrected chi connectivity index (χ0v) is 10.4. The lowest BCUT2D eigenvalue weighted by Gasteiger charge is -2.16. The van der Waals surface area contributed by atoms with Crippen molar-refractivity contribution >= 4 is 0 Å². The van der Waals surface area contributed by atoms with E-state index in [1.54, 1.807) is 42.2 Å². The van der Waals surface area contributed by atoms with Crippen molar-refractivity contribution in [3.63, 3.8) is 0 Å². The van der Waals surface area contributed by atoms with Gasteiger partial charge in [-0.3, -0.25) is 0 Å². The molecule has 2 aromatic rings. The van der Waals surface area contributed by atoms with Gasteiger partial charge in [-0.1, -0.05) is 12.1 Å². The molecule has 0 spiro atoms. The summed E-state index contributed by atoms with van der Waals surface area (Å²) in [5.74, 6) is 0. The molecule has 0 aliphatic rings. The minimum atomic E-state index is -4.19. The molecule has 0 saturated heterocycles. The maximum Gasteiger partial charge on any atom is 0.401 e. The lowest BCUT2D eigenvalue weighted by atomic mass is 10.1. The standard InChI is InChI=1S/C13H14F3N3/c1-10(17-9-13(14,15)16)11-3-5-12(6-4-11)19-8-2-7-18-19/h2-8,10,17H,9H2,1H3/t10-/m0/s1. The normalized spacial score (nSPS) is 13.5. The second-order valence-corrected chi connectivity index (χ2v) is 4.26. The van der Waals surface area contributed by atoms with Crippen molar-refractivity contribution in [1.82, 2.24) is 15.1 Å². The van der Waals surface area contributed by atoms with E-state index in [0.29, 0.717) is 0 Å². The number of hydrogen-bond donors (Lipinski definition) is 1.